The van der Waals surface area contributed by atoms with Crippen molar-refractivity contribution < 1.29 is 22.7 Å². The summed E-state index contributed by atoms with van der Waals surface area (Å²) in [7, 11) is -2.19. The Labute approximate surface area is 186 Å². The summed E-state index contributed by atoms with van der Waals surface area (Å²) in [5, 5.41) is 5.41. The summed E-state index contributed by atoms with van der Waals surface area (Å²) in [6.07, 6.45) is 0. The topological polar surface area (TPSA) is 114 Å². The Morgan fingerprint density at radius 2 is 1.41 bits per heavy atom. The molecule has 0 saturated heterocycles. The van der Waals surface area contributed by atoms with E-state index < -0.39 is 10.0 Å². The third kappa shape index (κ3) is 6.16. The highest BCUT2D eigenvalue weighted by Crippen LogP contribution is 2.15. The molecule has 0 bridgehead atoms. The van der Waals surface area contributed by atoms with Crippen LogP contribution in [0.4, 0.5) is 5.69 Å². The highest BCUT2D eigenvalue weighted by atomic mass is 32.2. The van der Waals surface area contributed by atoms with Crippen LogP contribution in [0.25, 0.3) is 0 Å². The van der Waals surface area contributed by atoms with Crippen molar-refractivity contribution in [2.45, 2.75) is 4.90 Å². The Morgan fingerprint density at radius 1 is 0.781 bits per heavy atom. The van der Waals surface area contributed by atoms with Gasteiger partial charge in [0.1, 0.15) is 5.75 Å². The number of nitrogens with one attached hydrogen (secondary N) is 3. The van der Waals surface area contributed by atoms with E-state index in [9.17, 15) is 18.0 Å². The van der Waals surface area contributed by atoms with Crippen molar-refractivity contribution in [3.05, 3.63) is 90.0 Å². The highest BCUT2D eigenvalue weighted by Gasteiger charge is 2.14. The van der Waals surface area contributed by atoms with Crippen molar-refractivity contribution in [2.75, 3.05) is 25.5 Å². The first-order valence-corrected chi connectivity index (χ1v) is 11.3. The van der Waals surface area contributed by atoms with Gasteiger partial charge in [0.05, 0.1) is 12.0 Å². The smallest absolute Gasteiger partial charge is 0.255 e. The zero-order chi connectivity index (χ0) is 23.0. The van der Waals surface area contributed by atoms with Gasteiger partial charge < -0.3 is 15.4 Å². The number of amides is 2. The fraction of sp³-hybridized carbons (Fsp3) is 0.130. The number of carbonyl (C=O) groups is 2. The summed E-state index contributed by atoms with van der Waals surface area (Å²) in [5.74, 6) is -0.0385. The van der Waals surface area contributed by atoms with Crippen molar-refractivity contribution in [1.82, 2.24) is 10.0 Å². The molecule has 9 heteroatoms. The second-order valence-corrected chi connectivity index (χ2v) is 8.49. The molecule has 166 valence electrons. The third-order valence-electron chi connectivity index (χ3n) is 4.51. The van der Waals surface area contributed by atoms with Gasteiger partial charge in [-0.3, -0.25) is 9.59 Å². The van der Waals surface area contributed by atoms with E-state index in [1.165, 1.54) is 19.2 Å². The molecule has 3 rings (SSSR count). The van der Waals surface area contributed by atoms with Crippen LogP contribution in [0.3, 0.4) is 0 Å². The summed E-state index contributed by atoms with van der Waals surface area (Å²) in [6, 6.07) is 21.2. The quantitative estimate of drug-likeness (QED) is 0.431. The van der Waals surface area contributed by atoms with Crippen LogP contribution in [-0.4, -0.2) is 40.4 Å². The maximum absolute atomic E-state index is 12.3. The Hall–Kier alpha value is -3.69. The van der Waals surface area contributed by atoms with E-state index in [1.54, 1.807) is 60.7 Å². The van der Waals surface area contributed by atoms with Crippen LogP contribution in [0, 0.1) is 0 Å². The molecular weight excluding hydrogens is 430 g/mol. The maximum Gasteiger partial charge on any atom is 0.255 e. The van der Waals surface area contributed by atoms with Gasteiger partial charge in [0.2, 0.25) is 10.0 Å². The van der Waals surface area contributed by atoms with Gasteiger partial charge in [-0.25, -0.2) is 13.1 Å². The van der Waals surface area contributed by atoms with E-state index in [-0.39, 0.29) is 29.8 Å². The molecule has 0 aromatic heterocycles. The first-order chi connectivity index (χ1) is 15.4. The summed E-state index contributed by atoms with van der Waals surface area (Å²) in [5.41, 5.74) is 1.48. The van der Waals surface area contributed by atoms with Crippen molar-refractivity contribution in [3.8, 4) is 5.75 Å². The maximum atomic E-state index is 12.3. The molecule has 2 amide bonds. The normalized spacial score (nSPS) is 10.9. The van der Waals surface area contributed by atoms with E-state index in [1.807, 2.05) is 6.07 Å². The van der Waals surface area contributed by atoms with E-state index in [2.05, 4.69) is 15.4 Å². The fourth-order valence-electron chi connectivity index (χ4n) is 2.80. The monoisotopic (exact) mass is 453 g/mol. The van der Waals surface area contributed by atoms with E-state index >= 15 is 0 Å². The zero-order valence-electron chi connectivity index (χ0n) is 17.4. The molecule has 3 aromatic carbocycles. The average Bonchev–Trinajstić information content (AvgIpc) is 2.82. The minimum atomic E-state index is -3.69. The van der Waals surface area contributed by atoms with Crippen LogP contribution in [0.15, 0.2) is 83.8 Å². The standard InChI is InChI=1S/C23H23N3O5S/c1-31-20-11-13-21(14-12-20)32(29,30)25-16-15-24-22(27)18-7-9-19(10-8-18)26-23(28)17-5-3-2-4-6-17/h2-14,25H,15-16H2,1H3,(H,24,27)(H,26,28). The number of ether oxygens (including phenoxy) is 1. The molecule has 3 N–H and O–H groups in total. The second-order valence-electron chi connectivity index (χ2n) is 6.73. The number of sulfonamides is 1. The van der Waals surface area contributed by atoms with Gasteiger partial charge in [-0.05, 0) is 60.7 Å². The number of anilines is 1. The lowest BCUT2D eigenvalue weighted by Gasteiger charge is -2.09. The molecule has 0 heterocycles. The van der Waals surface area contributed by atoms with Crippen molar-refractivity contribution in [2.24, 2.45) is 0 Å². The van der Waals surface area contributed by atoms with Crippen molar-refractivity contribution >= 4 is 27.5 Å². The van der Waals surface area contributed by atoms with Gasteiger partial charge in [-0.2, -0.15) is 0 Å². The summed E-state index contributed by atoms with van der Waals surface area (Å²) >= 11 is 0. The largest absolute Gasteiger partial charge is 0.497 e. The van der Waals surface area contributed by atoms with E-state index in [0.29, 0.717) is 22.6 Å². The van der Waals surface area contributed by atoms with Crippen LogP contribution in [0.1, 0.15) is 20.7 Å². The van der Waals surface area contributed by atoms with Crippen LogP contribution >= 0.6 is 0 Å². The lowest BCUT2D eigenvalue weighted by molar-refractivity contribution is 0.0953. The minimum Gasteiger partial charge on any atom is -0.497 e. The highest BCUT2D eigenvalue weighted by molar-refractivity contribution is 7.89. The minimum absolute atomic E-state index is 0.0331. The summed E-state index contributed by atoms with van der Waals surface area (Å²) in [4.78, 5) is 24.6. The zero-order valence-corrected chi connectivity index (χ0v) is 18.2. The molecule has 0 aliphatic rings. The number of hydrogen-bond donors (Lipinski definition) is 3. The van der Waals surface area contributed by atoms with Crippen LogP contribution in [-0.2, 0) is 10.0 Å². The lowest BCUT2D eigenvalue weighted by atomic mass is 10.1. The number of methoxy groups -OCH3 is 1. The van der Waals surface area contributed by atoms with Crippen LogP contribution in [0.5, 0.6) is 5.75 Å². The van der Waals surface area contributed by atoms with Gasteiger partial charge in [-0.1, -0.05) is 18.2 Å². The number of benzene rings is 3. The molecule has 0 unspecified atom stereocenters. The molecule has 0 fully saturated rings. The Bertz CT molecular complexity index is 1160. The van der Waals surface area contributed by atoms with Crippen molar-refractivity contribution in [3.63, 3.8) is 0 Å². The predicted octanol–water partition coefficient (Wildman–Crippen LogP) is 2.66. The molecular formula is C23H23N3O5S. The fourth-order valence-corrected chi connectivity index (χ4v) is 3.83. The molecule has 3 aromatic rings. The van der Waals surface area contributed by atoms with E-state index in [0.717, 1.165) is 0 Å². The van der Waals surface area contributed by atoms with E-state index in [4.69, 9.17) is 4.74 Å². The SMILES string of the molecule is COc1ccc(S(=O)(=O)NCCNC(=O)c2ccc(NC(=O)c3ccccc3)cc2)cc1. The first-order valence-electron chi connectivity index (χ1n) is 9.77. The Morgan fingerprint density at radius 3 is 2.03 bits per heavy atom. The molecule has 0 spiro atoms. The van der Waals surface area contributed by atoms with Crippen molar-refractivity contribution in [1.29, 1.82) is 0 Å². The molecule has 0 radical (unpaired) electrons. The molecule has 0 aliphatic heterocycles. The lowest BCUT2D eigenvalue weighted by Crippen LogP contribution is -2.34. The number of hydrogen-bond acceptors (Lipinski definition) is 5. The second kappa shape index (κ2) is 10.6. The van der Waals surface area contributed by atoms with Gasteiger partial charge in [0, 0.05) is 29.9 Å². The molecule has 0 saturated carbocycles. The molecule has 0 aliphatic carbocycles. The third-order valence-corrected chi connectivity index (χ3v) is 5.99. The molecule has 32 heavy (non-hydrogen) atoms. The summed E-state index contributed by atoms with van der Waals surface area (Å²) in [6.45, 7) is 0.145. The Kier molecular flexibility index (Phi) is 7.58. The number of rotatable bonds is 9. The van der Waals surface area contributed by atoms with Crippen LogP contribution < -0.4 is 20.1 Å². The first kappa shape index (κ1) is 23.0. The average molecular weight is 454 g/mol. The summed E-state index contributed by atoms with van der Waals surface area (Å²) < 4.78 is 32.0. The van der Waals surface area contributed by atoms with Gasteiger partial charge in [-0.15, -0.1) is 0 Å². The van der Waals surface area contributed by atoms with Gasteiger partial charge >= 0.3 is 0 Å². The number of carbonyl (C=O) groups excluding carboxylic acids is 2. The van der Waals surface area contributed by atoms with Gasteiger partial charge in [0.15, 0.2) is 0 Å². The predicted molar refractivity (Wildman–Crippen MR) is 121 cm³/mol. The van der Waals surface area contributed by atoms with Gasteiger partial charge in [0.25, 0.3) is 11.8 Å². The molecule has 0 atom stereocenters. The molecule has 8 nitrogen and oxygen atoms in total. The Balaban J connectivity index is 1.47. The van der Waals surface area contributed by atoms with Crippen LogP contribution in [0.2, 0.25) is 0 Å².